The molecule has 0 saturated carbocycles. The SMILES string of the molecule is CCNC(=NCC(CC)N1CCCC1)N1CCC(COC)C1. The van der Waals surface area contributed by atoms with Crippen molar-refractivity contribution in [1.29, 1.82) is 0 Å². The standard InChI is InChI=1S/C17H34N4O/c1-4-16(20-9-6-7-10-20)12-19-17(18-5-2)21-11-8-15(13-21)14-22-3/h15-16H,4-14H2,1-3H3,(H,18,19). The van der Waals surface area contributed by atoms with Crippen LogP contribution < -0.4 is 5.32 Å². The molecule has 128 valence electrons. The van der Waals surface area contributed by atoms with Crippen LogP contribution in [-0.2, 0) is 4.74 Å². The Labute approximate surface area is 136 Å². The minimum absolute atomic E-state index is 0.605. The molecule has 0 aliphatic carbocycles. The lowest BCUT2D eigenvalue weighted by Gasteiger charge is -2.27. The van der Waals surface area contributed by atoms with Gasteiger partial charge in [-0.25, -0.2) is 0 Å². The first-order chi connectivity index (χ1) is 10.8. The Hall–Kier alpha value is -0.810. The molecule has 2 unspecified atom stereocenters. The van der Waals surface area contributed by atoms with Crippen molar-refractivity contribution in [3.05, 3.63) is 0 Å². The maximum atomic E-state index is 5.30. The molecule has 0 bridgehead atoms. The highest BCUT2D eigenvalue weighted by molar-refractivity contribution is 5.80. The molecule has 2 saturated heterocycles. The highest BCUT2D eigenvalue weighted by atomic mass is 16.5. The zero-order valence-electron chi connectivity index (χ0n) is 14.7. The maximum absolute atomic E-state index is 5.30. The largest absolute Gasteiger partial charge is 0.384 e. The molecule has 0 aromatic heterocycles. The Balaban J connectivity index is 1.91. The van der Waals surface area contributed by atoms with Gasteiger partial charge in [-0.2, -0.15) is 0 Å². The third kappa shape index (κ3) is 4.85. The van der Waals surface area contributed by atoms with Crippen LogP contribution in [0, 0.1) is 5.92 Å². The van der Waals surface area contributed by atoms with E-state index in [1.54, 1.807) is 7.11 Å². The van der Waals surface area contributed by atoms with E-state index in [2.05, 4.69) is 29.0 Å². The summed E-state index contributed by atoms with van der Waals surface area (Å²) >= 11 is 0. The van der Waals surface area contributed by atoms with Gasteiger partial charge in [0.25, 0.3) is 0 Å². The molecule has 2 heterocycles. The van der Waals surface area contributed by atoms with Crippen LogP contribution in [0.1, 0.15) is 39.5 Å². The van der Waals surface area contributed by atoms with Crippen molar-refractivity contribution < 1.29 is 4.74 Å². The molecular formula is C17H34N4O. The number of aliphatic imine (C=N–C) groups is 1. The lowest BCUT2D eigenvalue weighted by molar-refractivity contribution is 0.157. The van der Waals surface area contributed by atoms with E-state index in [9.17, 15) is 0 Å². The van der Waals surface area contributed by atoms with Crippen molar-refractivity contribution in [3.8, 4) is 0 Å². The third-order valence-corrected chi connectivity index (χ3v) is 4.90. The van der Waals surface area contributed by atoms with Gasteiger partial charge in [-0.15, -0.1) is 0 Å². The molecule has 2 aliphatic rings. The first-order valence-corrected chi connectivity index (χ1v) is 9.04. The summed E-state index contributed by atoms with van der Waals surface area (Å²) in [5.41, 5.74) is 0. The molecule has 5 nitrogen and oxygen atoms in total. The highest BCUT2D eigenvalue weighted by Gasteiger charge is 2.25. The molecule has 2 atom stereocenters. The Morgan fingerprint density at radius 1 is 1.27 bits per heavy atom. The van der Waals surface area contributed by atoms with Gasteiger partial charge >= 0.3 is 0 Å². The minimum atomic E-state index is 0.605. The predicted octanol–water partition coefficient (Wildman–Crippen LogP) is 1.79. The summed E-state index contributed by atoms with van der Waals surface area (Å²) in [5.74, 6) is 1.74. The van der Waals surface area contributed by atoms with Gasteiger partial charge in [0.1, 0.15) is 0 Å². The number of ether oxygens (including phenoxy) is 1. The van der Waals surface area contributed by atoms with Gasteiger partial charge in [-0.05, 0) is 45.7 Å². The van der Waals surface area contributed by atoms with Crippen molar-refractivity contribution in [1.82, 2.24) is 15.1 Å². The molecule has 5 heteroatoms. The predicted molar refractivity (Wildman–Crippen MR) is 92.4 cm³/mol. The summed E-state index contributed by atoms with van der Waals surface area (Å²) in [4.78, 5) is 9.98. The summed E-state index contributed by atoms with van der Waals surface area (Å²) in [6.45, 7) is 11.8. The third-order valence-electron chi connectivity index (χ3n) is 4.90. The van der Waals surface area contributed by atoms with E-state index in [1.165, 1.54) is 38.8 Å². The summed E-state index contributed by atoms with van der Waals surface area (Å²) in [7, 11) is 1.80. The zero-order chi connectivity index (χ0) is 15.8. The number of guanidine groups is 1. The molecule has 22 heavy (non-hydrogen) atoms. The lowest BCUT2D eigenvalue weighted by atomic mass is 10.1. The number of rotatable bonds is 7. The van der Waals surface area contributed by atoms with Crippen molar-refractivity contribution in [3.63, 3.8) is 0 Å². The Morgan fingerprint density at radius 3 is 2.68 bits per heavy atom. The van der Waals surface area contributed by atoms with Crippen LogP contribution in [0.3, 0.4) is 0 Å². The van der Waals surface area contributed by atoms with E-state index in [4.69, 9.17) is 9.73 Å². The monoisotopic (exact) mass is 310 g/mol. The Bertz CT molecular complexity index is 342. The second kappa shape index (κ2) is 9.36. The van der Waals surface area contributed by atoms with Gasteiger partial charge in [0.2, 0.25) is 0 Å². The van der Waals surface area contributed by atoms with Gasteiger partial charge in [0.05, 0.1) is 13.2 Å². The van der Waals surface area contributed by atoms with Gasteiger partial charge < -0.3 is 15.0 Å². The normalized spacial score (nSPS) is 25.0. The van der Waals surface area contributed by atoms with Crippen LogP contribution in [-0.4, -0.2) is 74.8 Å². The fraction of sp³-hybridized carbons (Fsp3) is 0.941. The number of hydrogen-bond donors (Lipinski definition) is 1. The molecule has 1 N–H and O–H groups in total. The van der Waals surface area contributed by atoms with Crippen LogP contribution in [0.25, 0.3) is 0 Å². The quantitative estimate of drug-likeness (QED) is 0.575. The topological polar surface area (TPSA) is 40.1 Å². The highest BCUT2D eigenvalue weighted by Crippen LogP contribution is 2.17. The second-order valence-corrected chi connectivity index (χ2v) is 6.56. The Morgan fingerprint density at radius 2 is 2.05 bits per heavy atom. The van der Waals surface area contributed by atoms with Crippen LogP contribution in [0.4, 0.5) is 0 Å². The van der Waals surface area contributed by atoms with Crippen LogP contribution >= 0.6 is 0 Å². The molecule has 0 amide bonds. The molecule has 2 rings (SSSR count). The van der Waals surface area contributed by atoms with Crippen molar-refractivity contribution in [2.24, 2.45) is 10.9 Å². The summed E-state index contributed by atoms with van der Waals surface area (Å²) in [6, 6.07) is 0.605. The number of nitrogens with zero attached hydrogens (tertiary/aromatic N) is 3. The van der Waals surface area contributed by atoms with E-state index in [1.807, 2.05) is 0 Å². The number of nitrogens with one attached hydrogen (secondary N) is 1. The minimum Gasteiger partial charge on any atom is -0.384 e. The van der Waals surface area contributed by atoms with E-state index in [0.29, 0.717) is 12.0 Å². The number of likely N-dealkylation sites (tertiary alicyclic amines) is 2. The summed E-state index contributed by atoms with van der Waals surface area (Å²) in [6.07, 6.45) is 5.10. The van der Waals surface area contributed by atoms with E-state index in [-0.39, 0.29) is 0 Å². The molecule has 0 radical (unpaired) electrons. The number of methoxy groups -OCH3 is 1. The number of hydrogen-bond acceptors (Lipinski definition) is 3. The second-order valence-electron chi connectivity index (χ2n) is 6.56. The Kier molecular flexibility index (Phi) is 7.46. The molecule has 0 spiro atoms. The van der Waals surface area contributed by atoms with Gasteiger partial charge in [-0.3, -0.25) is 9.89 Å². The van der Waals surface area contributed by atoms with Gasteiger partial charge in [0.15, 0.2) is 5.96 Å². The molecule has 0 aromatic carbocycles. The van der Waals surface area contributed by atoms with E-state index < -0.39 is 0 Å². The average molecular weight is 310 g/mol. The summed E-state index contributed by atoms with van der Waals surface area (Å²) < 4.78 is 5.30. The van der Waals surface area contributed by atoms with Crippen molar-refractivity contribution in [2.45, 2.75) is 45.6 Å². The van der Waals surface area contributed by atoms with Crippen molar-refractivity contribution in [2.75, 3.05) is 53.0 Å². The smallest absolute Gasteiger partial charge is 0.193 e. The molecule has 2 fully saturated rings. The summed E-state index contributed by atoms with van der Waals surface area (Å²) in [5, 5.41) is 3.47. The van der Waals surface area contributed by atoms with Crippen molar-refractivity contribution >= 4 is 5.96 Å². The molecule has 0 aromatic rings. The fourth-order valence-corrected chi connectivity index (χ4v) is 3.62. The zero-order valence-corrected chi connectivity index (χ0v) is 14.7. The van der Waals surface area contributed by atoms with E-state index >= 15 is 0 Å². The van der Waals surface area contributed by atoms with Crippen LogP contribution in [0.15, 0.2) is 4.99 Å². The fourth-order valence-electron chi connectivity index (χ4n) is 3.62. The molecular weight excluding hydrogens is 276 g/mol. The lowest BCUT2D eigenvalue weighted by Crippen LogP contribution is -2.42. The first kappa shape index (κ1) is 17.5. The van der Waals surface area contributed by atoms with Crippen LogP contribution in [0.2, 0.25) is 0 Å². The van der Waals surface area contributed by atoms with Gasteiger partial charge in [0, 0.05) is 38.7 Å². The van der Waals surface area contributed by atoms with E-state index in [0.717, 1.165) is 38.7 Å². The first-order valence-electron chi connectivity index (χ1n) is 9.04. The van der Waals surface area contributed by atoms with Crippen LogP contribution in [0.5, 0.6) is 0 Å². The van der Waals surface area contributed by atoms with Gasteiger partial charge in [-0.1, -0.05) is 6.92 Å². The molecule has 2 aliphatic heterocycles. The average Bonchev–Trinajstić information content (AvgIpc) is 3.19. The maximum Gasteiger partial charge on any atom is 0.193 e.